The van der Waals surface area contributed by atoms with Gasteiger partial charge in [-0.3, -0.25) is 40.5 Å². The summed E-state index contributed by atoms with van der Waals surface area (Å²) in [5.74, 6) is -1.07. The fraction of sp³-hybridized carbons (Fsp3) is 0.0690. The lowest BCUT2D eigenvalue weighted by molar-refractivity contribution is -0.385. The zero-order valence-corrected chi connectivity index (χ0v) is 45.4. The van der Waals surface area contributed by atoms with Crippen LogP contribution in [-0.4, -0.2) is 35.0 Å². The van der Waals surface area contributed by atoms with E-state index in [0.717, 1.165) is 46.1 Å². The molecule has 0 fully saturated rings. The molecule has 0 heterocycles. The molecule has 0 atom stereocenters. The van der Waals surface area contributed by atoms with E-state index < -0.39 is 19.7 Å². The van der Waals surface area contributed by atoms with Crippen molar-refractivity contribution in [3.63, 3.8) is 0 Å². The molecule has 0 aliphatic carbocycles. The zero-order valence-electron chi connectivity index (χ0n) is 42.2. The Balaban J connectivity index is 0.000000174. The highest BCUT2D eigenvalue weighted by Crippen LogP contribution is 2.36. The Morgan fingerprint density at radius 1 is 0.400 bits per heavy atom. The first kappa shape index (κ1) is 58.4. The van der Waals surface area contributed by atoms with E-state index in [-0.39, 0.29) is 40.0 Å². The van der Waals surface area contributed by atoms with Crippen LogP contribution in [0.3, 0.4) is 0 Å². The number of nitrogens with one attached hydrogen (secondary N) is 3. The molecule has 9 rings (SSSR count). The third-order valence-electron chi connectivity index (χ3n) is 11.4. The van der Waals surface area contributed by atoms with Gasteiger partial charge >= 0.3 is 17.1 Å². The summed E-state index contributed by atoms with van der Waals surface area (Å²) < 4.78 is 0. The number of phenolic OH excluding ortho intramolecular Hbond substituents is 3. The summed E-state index contributed by atoms with van der Waals surface area (Å²) in [5, 5.41) is 82.4. The highest BCUT2D eigenvalue weighted by atomic mass is 35.5. The molecule has 6 N–H and O–H groups in total. The molecule has 9 aromatic rings. The number of anilines is 3. The van der Waals surface area contributed by atoms with E-state index in [9.17, 15) is 55.8 Å². The van der Waals surface area contributed by atoms with E-state index in [1.54, 1.807) is 53.9 Å². The second-order valence-corrected chi connectivity index (χ2v) is 20.9. The van der Waals surface area contributed by atoms with Gasteiger partial charge in [-0.15, -0.1) is 0 Å². The second-order valence-electron chi connectivity index (χ2n) is 17.1. The Kier molecular flexibility index (Phi) is 20.7. The van der Waals surface area contributed by atoms with Crippen LogP contribution in [-0.2, 0) is 19.6 Å². The summed E-state index contributed by atoms with van der Waals surface area (Å²) in [6.45, 7) is 3.50. The van der Waals surface area contributed by atoms with Crippen molar-refractivity contribution in [3.05, 3.63) is 268 Å². The zero-order chi connectivity index (χ0) is 57.1. The van der Waals surface area contributed by atoms with Crippen molar-refractivity contribution in [2.24, 2.45) is 0 Å². The third-order valence-corrected chi connectivity index (χ3v) is 15.1. The summed E-state index contributed by atoms with van der Waals surface area (Å²) in [4.78, 5) is 47.5. The molecule has 0 radical (unpaired) electrons. The maximum atomic E-state index is 10.9. The monoisotopic (exact) mass is 1150 g/mol. The Bertz CT molecular complexity index is 3480. The molecule has 0 aliphatic rings. The molecule has 0 spiro atoms. The Hall–Kier alpha value is -9.28. The minimum Gasteiger partial charge on any atom is -0.502 e. The van der Waals surface area contributed by atoms with Gasteiger partial charge in [0, 0.05) is 101 Å². The molecular weight excluding hydrogens is 1100 g/mol. The number of non-ortho nitro benzene ring substituents is 1. The number of halogens is 1. The van der Waals surface area contributed by atoms with Crippen molar-refractivity contribution >= 4 is 86.7 Å². The number of nitrogens with zero attached hydrogens (tertiary/aromatic N) is 4. The molecule has 0 unspecified atom stereocenters. The first-order valence-corrected chi connectivity index (χ1v) is 26.8. The van der Waals surface area contributed by atoms with Crippen LogP contribution in [0.5, 0.6) is 17.2 Å². The number of rotatable bonds is 19. The molecule has 0 saturated carbocycles. The van der Waals surface area contributed by atoms with Crippen molar-refractivity contribution < 1.29 is 35.0 Å². The summed E-state index contributed by atoms with van der Waals surface area (Å²) in [7, 11) is 0. The van der Waals surface area contributed by atoms with Gasteiger partial charge < -0.3 is 31.3 Å². The third kappa shape index (κ3) is 17.1. The van der Waals surface area contributed by atoms with Crippen molar-refractivity contribution in [1.82, 2.24) is 0 Å². The summed E-state index contributed by atoms with van der Waals surface area (Å²) >= 11 is 10.7. The molecule has 406 valence electrons. The standard InChI is InChI=1S/C20H18N2O3S.C19H15ClN2O3S.C19H15N3O5S/c1-14-6-9-17(10-7-14)26-20-5-3-2-4-15(20)13-21-16-8-11-19(23)18(12-16)22(24)25;20-14-5-8-16(9-6-14)26-19-4-2-1-3-13(19)12-21-15-7-10-18(23)17(11-15)22(24)25;23-18-10-5-14(11-17(18)22(26)27)20-12-13-3-1-2-4-19(13)28-16-8-6-15(7-9-16)21(24)25/h2-12,21,23H,13H2,1H3;1-11,21,23H,12H2;1-11,20,23H,12H2. The van der Waals surface area contributed by atoms with E-state index in [2.05, 4.69) is 53.2 Å². The Morgan fingerprint density at radius 3 is 1.01 bits per heavy atom. The molecule has 22 heteroatoms. The van der Waals surface area contributed by atoms with Gasteiger partial charge in [-0.2, -0.15) is 0 Å². The number of aryl methyl sites for hydroxylation is 1. The van der Waals surface area contributed by atoms with Crippen molar-refractivity contribution in [3.8, 4) is 17.2 Å². The lowest BCUT2D eigenvalue weighted by Crippen LogP contribution is -2.01. The predicted octanol–water partition coefficient (Wildman–Crippen LogP) is 16.1. The van der Waals surface area contributed by atoms with Crippen LogP contribution in [0.4, 0.5) is 39.8 Å². The molecule has 0 aromatic heterocycles. The first-order valence-electron chi connectivity index (χ1n) is 24.0. The van der Waals surface area contributed by atoms with E-state index in [4.69, 9.17) is 11.6 Å². The average Bonchev–Trinajstić information content (AvgIpc) is 3.45. The highest BCUT2D eigenvalue weighted by molar-refractivity contribution is 8.00. The first-order chi connectivity index (χ1) is 38.5. The smallest absolute Gasteiger partial charge is 0.312 e. The van der Waals surface area contributed by atoms with E-state index >= 15 is 0 Å². The summed E-state index contributed by atoms with van der Waals surface area (Å²) in [6.07, 6.45) is 0. The Labute approximate surface area is 476 Å². The van der Waals surface area contributed by atoms with Crippen LogP contribution in [0, 0.1) is 47.4 Å². The van der Waals surface area contributed by atoms with Gasteiger partial charge in [0.05, 0.1) is 19.7 Å². The van der Waals surface area contributed by atoms with Crippen molar-refractivity contribution in [2.45, 2.75) is 55.9 Å². The number of hydrogen-bond donors (Lipinski definition) is 6. The van der Waals surface area contributed by atoms with Crippen molar-refractivity contribution in [1.29, 1.82) is 0 Å². The Morgan fingerprint density at radius 2 is 0.700 bits per heavy atom. The number of phenols is 3. The number of nitro groups is 4. The number of nitro benzene ring substituents is 4. The quantitative estimate of drug-likeness (QED) is 0.0249. The van der Waals surface area contributed by atoms with Crippen LogP contribution >= 0.6 is 46.9 Å². The summed E-state index contributed by atoms with van der Waals surface area (Å²) in [5.41, 5.74) is 5.05. The van der Waals surface area contributed by atoms with E-state index in [0.29, 0.717) is 41.7 Å². The van der Waals surface area contributed by atoms with E-state index in [1.807, 2.05) is 91.0 Å². The van der Waals surface area contributed by atoms with Crippen LogP contribution in [0.2, 0.25) is 5.02 Å². The lowest BCUT2D eigenvalue weighted by Gasteiger charge is -2.11. The maximum absolute atomic E-state index is 10.9. The van der Waals surface area contributed by atoms with Crippen LogP contribution in [0.1, 0.15) is 22.3 Å². The fourth-order valence-electron chi connectivity index (χ4n) is 7.30. The molecule has 80 heavy (non-hydrogen) atoms. The molecule has 0 bridgehead atoms. The lowest BCUT2D eigenvalue weighted by atomic mass is 10.2. The van der Waals surface area contributed by atoms with Gasteiger partial charge in [0.1, 0.15) is 0 Å². The fourth-order valence-corrected chi connectivity index (χ4v) is 10.3. The predicted molar refractivity (Wildman–Crippen MR) is 314 cm³/mol. The van der Waals surface area contributed by atoms with Gasteiger partial charge in [0.25, 0.3) is 5.69 Å². The van der Waals surface area contributed by atoms with E-state index in [1.165, 1.54) is 65.9 Å². The number of benzene rings is 9. The summed E-state index contributed by atoms with van der Waals surface area (Å²) in [6, 6.07) is 58.5. The van der Waals surface area contributed by atoms with Gasteiger partial charge in [0.2, 0.25) is 0 Å². The topological polar surface area (TPSA) is 269 Å². The molecule has 18 nitrogen and oxygen atoms in total. The van der Waals surface area contributed by atoms with Crippen LogP contribution in [0.15, 0.2) is 230 Å². The maximum Gasteiger partial charge on any atom is 0.312 e. The van der Waals surface area contributed by atoms with Crippen LogP contribution < -0.4 is 16.0 Å². The minimum atomic E-state index is -0.640. The van der Waals surface area contributed by atoms with Gasteiger partial charge in [-0.1, -0.05) is 119 Å². The molecule has 0 amide bonds. The molecule has 0 aliphatic heterocycles. The van der Waals surface area contributed by atoms with Gasteiger partial charge in [-0.05, 0) is 127 Å². The molecular formula is C58H48ClN7O11S3. The van der Waals surface area contributed by atoms with Gasteiger partial charge in [-0.25, -0.2) is 0 Å². The van der Waals surface area contributed by atoms with Crippen LogP contribution in [0.25, 0.3) is 0 Å². The normalized spacial score (nSPS) is 10.5. The average molecular weight is 1150 g/mol. The molecule has 0 saturated heterocycles. The highest BCUT2D eigenvalue weighted by Gasteiger charge is 2.17. The molecule has 9 aromatic carbocycles. The van der Waals surface area contributed by atoms with Crippen molar-refractivity contribution in [2.75, 3.05) is 16.0 Å². The number of aromatic hydroxyl groups is 3. The largest absolute Gasteiger partial charge is 0.502 e. The number of hydrogen-bond acceptors (Lipinski definition) is 17. The second kappa shape index (κ2) is 28.4. The SMILES string of the molecule is Cc1ccc(Sc2ccccc2CNc2ccc(O)c([N+](=O)[O-])c2)cc1.O=[N+]([O-])c1cc(NCc2ccccc2Sc2ccc(Cl)cc2)ccc1O.O=[N+]([O-])c1ccc(Sc2ccccc2CNc2ccc(O)c([N+](=O)[O-])c2)cc1. The van der Waals surface area contributed by atoms with Gasteiger partial charge in [0.15, 0.2) is 17.2 Å². The minimum absolute atomic E-state index is 0.0354.